The number of thioether (sulfide) groups is 1. The molecule has 7 nitrogen and oxygen atoms in total. The van der Waals surface area contributed by atoms with Crippen molar-refractivity contribution in [1.82, 2.24) is 14.9 Å². The number of aliphatic carboxylic acids is 1. The normalized spacial score (nSPS) is 13.5. The number of hydrogen-bond acceptors (Lipinski definition) is 6. The van der Waals surface area contributed by atoms with E-state index < -0.39 is 17.9 Å². The highest BCUT2D eigenvalue weighted by Gasteiger charge is 2.25. The number of hydrogen-bond donors (Lipinski definition) is 2. The number of nitrogens with one attached hydrogen (secondary N) is 1. The maximum Gasteiger partial charge on any atom is 0.326 e. The second kappa shape index (κ2) is 10.1. The quantitative estimate of drug-likeness (QED) is 0.279. The standard InChI is InChI=1S/C26H23N3O4S2/c30-21(27-19(25(32)33)14-16-8-3-1-4-9-16)15-34-26-28-23-22(18-12-7-13-20(18)35-23)24(31)29(26)17-10-5-2-6-11-17/h1-6,8-11,19H,7,12-15H2,(H,27,30)(H,32,33)/t19-/m1/s1. The fourth-order valence-corrected chi connectivity index (χ4v) is 6.47. The Morgan fingerprint density at radius 3 is 2.51 bits per heavy atom. The van der Waals surface area contributed by atoms with Gasteiger partial charge in [0.25, 0.3) is 5.56 Å². The van der Waals surface area contributed by atoms with Crippen molar-refractivity contribution in [3.63, 3.8) is 0 Å². The van der Waals surface area contributed by atoms with Crippen molar-refractivity contribution >= 4 is 45.2 Å². The smallest absolute Gasteiger partial charge is 0.326 e. The van der Waals surface area contributed by atoms with E-state index >= 15 is 0 Å². The van der Waals surface area contributed by atoms with Crippen LogP contribution in [0.25, 0.3) is 15.9 Å². The molecule has 0 bridgehead atoms. The Kier molecular flexibility index (Phi) is 6.70. The van der Waals surface area contributed by atoms with Crippen molar-refractivity contribution in [3.8, 4) is 5.69 Å². The van der Waals surface area contributed by atoms with Crippen LogP contribution in [-0.4, -0.2) is 38.3 Å². The van der Waals surface area contributed by atoms with Crippen LogP contribution in [0.15, 0.2) is 70.6 Å². The van der Waals surface area contributed by atoms with E-state index in [-0.39, 0.29) is 17.7 Å². The van der Waals surface area contributed by atoms with Crippen LogP contribution < -0.4 is 10.9 Å². The molecule has 2 heterocycles. The monoisotopic (exact) mass is 505 g/mol. The van der Waals surface area contributed by atoms with Gasteiger partial charge in [-0.3, -0.25) is 14.2 Å². The van der Waals surface area contributed by atoms with Gasteiger partial charge in [0.15, 0.2) is 5.16 Å². The van der Waals surface area contributed by atoms with Gasteiger partial charge in [0, 0.05) is 11.3 Å². The highest BCUT2D eigenvalue weighted by atomic mass is 32.2. The highest BCUT2D eigenvalue weighted by molar-refractivity contribution is 7.99. The maximum atomic E-state index is 13.6. The molecule has 0 saturated heterocycles. The van der Waals surface area contributed by atoms with Crippen molar-refractivity contribution in [3.05, 3.63) is 87.0 Å². The first-order chi connectivity index (χ1) is 17.0. The van der Waals surface area contributed by atoms with Crippen LogP contribution in [0.1, 0.15) is 22.4 Å². The summed E-state index contributed by atoms with van der Waals surface area (Å²) in [6.07, 6.45) is 3.08. The van der Waals surface area contributed by atoms with Crippen LogP contribution in [0.5, 0.6) is 0 Å². The molecule has 9 heteroatoms. The summed E-state index contributed by atoms with van der Waals surface area (Å²) in [5, 5.41) is 13.3. The largest absolute Gasteiger partial charge is 0.480 e. The summed E-state index contributed by atoms with van der Waals surface area (Å²) >= 11 is 2.69. The van der Waals surface area contributed by atoms with E-state index in [0.717, 1.165) is 42.2 Å². The van der Waals surface area contributed by atoms with Gasteiger partial charge in [-0.25, -0.2) is 9.78 Å². The number of rotatable bonds is 8. The molecule has 1 aliphatic rings. The Labute approximate surface area is 209 Å². The predicted octanol–water partition coefficient (Wildman–Crippen LogP) is 3.84. The number of carboxylic acids is 1. The van der Waals surface area contributed by atoms with E-state index in [9.17, 15) is 19.5 Å². The Balaban J connectivity index is 1.41. The summed E-state index contributed by atoms with van der Waals surface area (Å²) in [7, 11) is 0. The number of carbonyl (C=O) groups is 2. The third kappa shape index (κ3) is 4.87. The third-order valence-corrected chi connectivity index (χ3v) is 8.10. The molecule has 4 aromatic rings. The first kappa shape index (κ1) is 23.3. The molecular weight excluding hydrogens is 482 g/mol. The predicted molar refractivity (Wildman–Crippen MR) is 138 cm³/mol. The minimum Gasteiger partial charge on any atom is -0.480 e. The molecule has 5 rings (SSSR count). The van der Waals surface area contributed by atoms with Gasteiger partial charge in [0.2, 0.25) is 5.91 Å². The van der Waals surface area contributed by atoms with Gasteiger partial charge in [-0.15, -0.1) is 11.3 Å². The zero-order valence-corrected chi connectivity index (χ0v) is 20.4. The van der Waals surface area contributed by atoms with E-state index in [1.54, 1.807) is 15.9 Å². The molecule has 0 fully saturated rings. The number of para-hydroxylation sites is 1. The van der Waals surface area contributed by atoms with E-state index in [4.69, 9.17) is 4.98 Å². The van der Waals surface area contributed by atoms with Crippen molar-refractivity contribution in [1.29, 1.82) is 0 Å². The summed E-state index contributed by atoms with van der Waals surface area (Å²) in [6.45, 7) is 0. The van der Waals surface area contributed by atoms with Crippen LogP contribution in [0, 0.1) is 0 Å². The van der Waals surface area contributed by atoms with Gasteiger partial charge in [0.1, 0.15) is 10.9 Å². The van der Waals surface area contributed by atoms with Crippen LogP contribution in [0.4, 0.5) is 0 Å². The Bertz CT molecular complexity index is 1450. The topological polar surface area (TPSA) is 101 Å². The molecule has 2 aromatic heterocycles. The molecule has 0 aliphatic heterocycles. The van der Waals surface area contributed by atoms with Crippen molar-refractivity contribution < 1.29 is 14.7 Å². The van der Waals surface area contributed by atoms with Crippen LogP contribution in [0.3, 0.4) is 0 Å². The summed E-state index contributed by atoms with van der Waals surface area (Å²) in [4.78, 5) is 44.8. The average molecular weight is 506 g/mol. The molecule has 35 heavy (non-hydrogen) atoms. The lowest BCUT2D eigenvalue weighted by Gasteiger charge is -2.15. The third-order valence-electron chi connectivity index (χ3n) is 5.97. The number of carbonyl (C=O) groups excluding carboxylic acids is 1. The zero-order valence-electron chi connectivity index (χ0n) is 18.8. The highest BCUT2D eigenvalue weighted by Crippen LogP contribution is 2.36. The first-order valence-electron chi connectivity index (χ1n) is 11.3. The first-order valence-corrected chi connectivity index (χ1v) is 13.1. The van der Waals surface area contributed by atoms with Crippen molar-refractivity contribution in [2.24, 2.45) is 0 Å². The number of amides is 1. The fraction of sp³-hybridized carbons (Fsp3) is 0.231. The number of benzene rings is 2. The summed E-state index contributed by atoms with van der Waals surface area (Å²) < 4.78 is 1.56. The second-order valence-corrected chi connectivity index (χ2v) is 10.4. The number of thiophene rings is 1. The van der Waals surface area contributed by atoms with E-state index in [2.05, 4.69) is 5.32 Å². The van der Waals surface area contributed by atoms with Gasteiger partial charge < -0.3 is 10.4 Å². The molecular formula is C26H23N3O4S2. The molecule has 1 atom stereocenters. The number of fused-ring (bicyclic) bond motifs is 3. The Morgan fingerprint density at radius 1 is 1.09 bits per heavy atom. The lowest BCUT2D eigenvalue weighted by molar-refractivity contribution is -0.141. The molecule has 2 aromatic carbocycles. The summed E-state index contributed by atoms with van der Waals surface area (Å²) in [5.41, 5.74) is 2.48. The minimum absolute atomic E-state index is 0.0611. The number of nitrogens with zero attached hydrogens (tertiary/aromatic N) is 2. The Hall–Kier alpha value is -3.43. The Morgan fingerprint density at radius 2 is 1.80 bits per heavy atom. The number of aryl methyl sites for hydroxylation is 2. The molecule has 2 N–H and O–H groups in total. The zero-order chi connectivity index (χ0) is 24.4. The lowest BCUT2D eigenvalue weighted by Crippen LogP contribution is -2.43. The minimum atomic E-state index is -1.10. The fourth-order valence-electron chi connectivity index (χ4n) is 4.34. The van der Waals surface area contributed by atoms with Gasteiger partial charge in [-0.1, -0.05) is 60.3 Å². The average Bonchev–Trinajstić information content (AvgIpc) is 3.44. The summed E-state index contributed by atoms with van der Waals surface area (Å²) in [5.74, 6) is -1.59. The number of carboxylic acid groups (broad SMARTS) is 1. The van der Waals surface area contributed by atoms with Gasteiger partial charge in [-0.05, 0) is 42.5 Å². The van der Waals surface area contributed by atoms with Crippen LogP contribution >= 0.6 is 23.1 Å². The molecule has 0 unspecified atom stereocenters. The van der Waals surface area contributed by atoms with E-state index in [0.29, 0.717) is 21.1 Å². The molecule has 1 aliphatic carbocycles. The van der Waals surface area contributed by atoms with Gasteiger partial charge in [-0.2, -0.15) is 0 Å². The second-order valence-electron chi connectivity index (χ2n) is 8.34. The maximum absolute atomic E-state index is 13.6. The lowest BCUT2D eigenvalue weighted by atomic mass is 10.1. The summed E-state index contributed by atoms with van der Waals surface area (Å²) in [6, 6.07) is 17.4. The van der Waals surface area contributed by atoms with E-state index in [1.165, 1.54) is 4.88 Å². The number of aromatic nitrogens is 2. The van der Waals surface area contributed by atoms with Gasteiger partial charge >= 0.3 is 5.97 Å². The van der Waals surface area contributed by atoms with Crippen LogP contribution in [-0.2, 0) is 28.9 Å². The van der Waals surface area contributed by atoms with Crippen molar-refractivity contribution in [2.75, 3.05) is 5.75 Å². The SMILES string of the molecule is O=C(CSc1nc2sc3c(c2c(=O)n1-c1ccccc1)CCC3)N[C@H](Cc1ccccc1)C(=O)O. The van der Waals surface area contributed by atoms with Crippen molar-refractivity contribution in [2.45, 2.75) is 36.9 Å². The molecule has 0 saturated carbocycles. The molecule has 0 radical (unpaired) electrons. The van der Waals surface area contributed by atoms with E-state index in [1.807, 2.05) is 60.7 Å². The molecule has 0 spiro atoms. The van der Waals surface area contributed by atoms with Crippen LogP contribution in [0.2, 0.25) is 0 Å². The van der Waals surface area contributed by atoms with Gasteiger partial charge in [0.05, 0.1) is 16.8 Å². The molecule has 178 valence electrons. The molecule has 1 amide bonds.